The molecule has 1 aliphatic rings. The van der Waals surface area contributed by atoms with Gasteiger partial charge in [0.05, 0.1) is 29.3 Å². The topological polar surface area (TPSA) is 80.0 Å². The normalized spacial score (nSPS) is 14.3. The minimum absolute atomic E-state index is 0.106. The summed E-state index contributed by atoms with van der Waals surface area (Å²) in [5.41, 5.74) is 0.703. The molecule has 0 spiro atoms. The van der Waals surface area contributed by atoms with Crippen molar-refractivity contribution >= 4 is 28.8 Å². The number of hydrogen-bond donors (Lipinski definition) is 0. The minimum atomic E-state index is -4.62. The lowest BCUT2D eigenvalue weighted by Gasteiger charge is -2.19. The standard InChI is InChI=1S/C24H18F3N5O3/c1-2-15-10-17(5-6-20(15)35-21-7-8-29-31-9-3-4-19(21)31)32-22(33)14-30(23(32)34)18-11-16(12-28-13-18)24(25,26)27/h3-13H,2,14H2,1H3. The molecule has 1 aliphatic heterocycles. The van der Waals surface area contributed by atoms with Gasteiger partial charge >= 0.3 is 12.2 Å². The predicted molar refractivity (Wildman–Crippen MR) is 121 cm³/mol. The average Bonchev–Trinajstić information content (AvgIpc) is 3.43. The SMILES string of the molecule is CCc1cc(N2C(=O)CN(c3cncc(C(F)(F)F)c3)C2=O)ccc1Oc1ccnn2cccc12. The molecule has 1 aromatic carbocycles. The number of pyridine rings is 1. The Hall–Kier alpha value is -4.41. The number of fused-ring (bicyclic) bond motifs is 1. The Morgan fingerprint density at radius 2 is 1.86 bits per heavy atom. The lowest BCUT2D eigenvalue weighted by molar-refractivity contribution is -0.137. The first-order chi connectivity index (χ1) is 16.8. The van der Waals surface area contributed by atoms with Crippen LogP contribution in [0.25, 0.3) is 5.52 Å². The number of urea groups is 1. The van der Waals surface area contributed by atoms with E-state index in [1.807, 2.05) is 19.1 Å². The highest BCUT2D eigenvalue weighted by Gasteiger charge is 2.39. The molecule has 178 valence electrons. The maximum atomic E-state index is 13.1. The zero-order valence-electron chi connectivity index (χ0n) is 18.4. The van der Waals surface area contributed by atoms with Gasteiger partial charge in [-0.2, -0.15) is 18.3 Å². The molecule has 0 aliphatic carbocycles. The first-order valence-corrected chi connectivity index (χ1v) is 10.7. The van der Waals surface area contributed by atoms with Gasteiger partial charge in [-0.25, -0.2) is 14.2 Å². The van der Waals surface area contributed by atoms with E-state index in [2.05, 4.69) is 10.1 Å². The smallest absolute Gasteiger partial charge is 0.417 e. The second kappa shape index (κ2) is 8.42. The van der Waals surface area contributed by atoms with Crippen molar-refractivity contribution in [3.05, 3.63) is 78.4 Å². The summed E-state index contributed by atoms with van der Waals surface area (Å²) in [5, 5.41) is 4.20. The Kier molecular flexibility index (Phi) is 5.39. The lowest BCUT2D eigenvalue weighted by atomic mass is 10.1. The fourth-order valence-corrected chi connectivity index (χ4v) is 3.90. The van der Waals surface area contributed by atoms with Gasteiger partial charge in [0.2, 0.25) is 0 Å². The molecule has 1 saturated heterocycles. The maximum Gasteiger partial charge on any atom is 0.417 e. The van der Waals surface area contributed by atoms with Gasteiger partial charge in [0.1, 0.15) is 17.8 Å². The number of halogens is 3. The highest BCUT2D eigenvalue weighted by molar-refractivity contribution is 6.27. The summed E-state index contributed by atoms with van der Waals surface area (Å²) in [4.78, 5) is 31.3. The van der Waals surface area contributed by atoms with Crippen LogP contribution in [0.5, 0.6) is 11.5 Å². The molecule has 11 heteroatoms. The molecule has 35 heavy (non-hydrogen) atoms. The monoisotopic (exact) mass is 481 g/mol. The molecule has 4 heterocycles. The van der Waals surface area contributed by atoms with E-state index in [0.29, 0.717) is 29.8 Å². The number of alkyl halides is 3. The number of amides is 3. The minimum Gasteiger partial charge on any atom is -0.455 e. The molecule has 1 fully saturated rings. The molecule has 0 unspecified atom stereocenters. The number of aromatic nitrogens is 3. The Morgan fingerprint density at radius 3 is 2.63 bits per heavy atom. The van der Waals surface area contributed by atoms with Gasteiger partial charge in [-0.1, -0.05) is 6.92 Å². The van der Waals surface area contributed by atoms with Crippen molar-refractivity contribution in [2.75, 3.05) is 16.3 Å². The van der Waals surface area contributed by atoms with Gasteiger partial charge in [0.15, 0.2) is 5.75 Å². The van der Waals surface area contributed by atoms with E-state index in [1.54, 1.807) is 41.2 Å². The third kappa shape index (κ3) is 4.05. The van der Waals surface area contributed by atoms with Crippen molar-refractivity contribution in [2.24, 2.45) is 0 Å². The van der Waals surface area contributed by atoms with Crippen LogP contribution in [0.4, 0.5) is 29.3 Å². The summed E-state index contributed by atoms with van der Waals surface area (Å²) in [6, 6.07) is 10.4. The number of rotatable bonds is 5. The first kappa shape index (κ1) is 22.4. The fraction of sp³-hybridized carbons (Fsp3) is 0.167. The van der Waals surface area contributed by atoms with Crippen LogP contribution in [0.3, 0.4) is 0 Å². The Labute approximate surface area is 197 Å². The molecule has 8 nitrogen and oxygen atoms in total. The quantitative estimate of drug-likeness (QED) is 0.372. The van der Waals surface area contributed by atoms with E-state index in [1.165, 1.54) is 0 Å². The molecule has 5 rings (SSSR count). The molecule has 0 bridgehead atoms. The number of anilines is 2. The van der Waals surface area contributed by atoms with Gasteiger partial charge in [0, 0.05) is 18.5 Å². The summed E-state index contributed by atoms with van der Waals surface area (Å²) in [7, 11) is 0. The molecule has 4 aromatic rings. The van der Waals surface area contributed by atoms with Crippen molar-refractivity contribution in [1.82, 2.24) is 14.6 Å². The Balaban J connectivity index is 1.44. The number of aryl methyl sites for hydroxylation is 1. The number of carbonyl (C=O) groups is 2. The molecular formula is C24H18F3N5O3. The van der Waals surface area contributed by atoms with E-state index in [-0.39, 0.29) is 5.69 Å². The van der Waals surface area contributed by atoms with E-state index in [0.717, 1.165) is 33.1 Å². The van der Waals surface area contributed by atoms with Crippen LogP contribution in [0.15, 0.2) is 67.3 Å². The zero-order valence-corrected chi connectivity index (χ0v) is 18.4. The first-order valence-electron chi connectivity index (χ1n) is 10.7. The molecule has 0 radical (unpaired) electrons. The average molecular weight is 481 g/mol. The molecule has 3 amide bonds. The van der Waals surface area contributed by atoms with E-state index in [9.17, 15) is 22.8 Å². The van der Waals surface area contributed by atoms with E-state index in [4.69, 9.17) is 4.74 Å². The second-order valence-corrected chi connectivity index (χ2v) is 7.81. The van der Waals surface area contributed by atoms with E-state index >= 15 is 0 Å². The molecular weight excluding hydrogens is 463 g/mol. The Morgan fingerprint density at radius 1 is 1.03 bits per heavy atom. The second-order valence-electron chi connectivity index (χ2n) is 7.81. The van der Waals surface area contributed by atoms with Crippen LogP contribution in [-0.4, -0.2) is 33.1 Å². The number of carbonyl (C=O) groups excluding carboxylic acids is 2. The van der Waals surface area contributed by atoms with Gasteiger partial charge in [0.25, 0.3) is 5.91 Å². The van der Waals surface area contributed by atoms with Crippen molar-refractivity contribution < 1.29 is 27.5 Å². The highest BCUT2D eigenvalue weighted by atomic mass is 19.4. The van der Waals surface area contributed by atoms with Crippen LogP contribution in [0.2, 0.25) is 0 Å². The van der Waals surface area contributed by atoms with Crippen LogP contribution in [0.1, 0.15) is 18.1 Å². The summed E-state index contributed by atoms with van der Waals surface area (Å²) in [6.07, 6.45) is 1.12. The molecule has 3 aromatic heterocycles. The molecule has 0 atom stereocenters. The summed E-state index contributed by atoms with van der Waals surface area (Å²) in [6.45, 7) is 1.50. The number of benzene rings is 1. The lowest BCUT2D eigenvalue weighted by Crippen LogP contribution is -2.33. The van der Waals surface area contributed by atoms with Crippen LogP contribution in [0, 0.1) is 0 Å². The third-order valence-corrected chi connectivity index (χ3v) is 5.63. The van der Waals surface area contributed by atoms with Gasteiger partial charge in [-0.05, 0) is 48.4 Å². The van der Waals surface area contributed by atoms with Crippen LogP contribution < -0.4 is 14.5 Å². The maximum absolute atomic E-state index is 13.1. The number of imide groups is 1. The van der Waals surface area contributed by atoms with Crippen LogP contribution in [-0.2, 0) is 17.4 Å². The van der Waals surface area contributed by atoms with Gasteiger partial charge < -0.3 is 4.74 Å². The predicted octanol–water partition coefficient (Wildman–Crippen LogP) is 5.08. The summed E-state index contributed by atoms with van der Waals surface area (Å²) < 4.78 is 47.0. The van der Waals surface area contributed by atoms with Gasteiger partial charge in [-0.3, -0.25) is 14.7 Å². The fourth-order valence-electron chi connectivity index (χ4n) is 3.90. The van der Waals surface area contributed by atoms with Crippen molar-refractivity contribution in [1.29, 1.82) is 0 Å². The number of nitrogens with zero attached hydrogens (tertiary/aromatic N) is 5. The third-order valence-electron chi connectivity index (χ3n) is 5.63. The Bertz CT molecular complexity index is 1450. The van der Waals surface area contributed by atoms with Gasteiger partial charge in [-0.15, -0.1) is 0 Å². The molecule has 0 N–H and O–H groups in total. The van der Waals surface area contributed by atoms with Crippen molar-refractivity contribution in [2.45, 2.75) is 19.5 Å². The summed E-state index contributed by atoms with van der Waals surface area (Å²) in [5.74, 6) is 0.569. The number of ether oxygens (including phenoxy) is 1. The van der Waals surface area contributed by atoms with Crippen LogP contribution >= 0.6 is 0 Å². The van der Waals surface area contributed by atoms with Crippen molar-refractivity contribution in [3.8, 4) is 11.5 Å². The number of hydrogen-bond acceptors (Lipinski definition) is 5. The highest BCUT2D eigenvalue weighted by Crippen LogP contribution is 2.35. The largest absolute Gasteiger partial charge is 0.455 e. The van der Waals surface area contributed by atoms with Crippen molar-refractivity contribution in [3.63, 3.8) is 0 Å². The van der Waals surface area contributed by atoms with E-state index < -0.39 is 30.2 Å². The molecule has 0 saturated carbocycles. The summed E-state index contributed by atoms with van der Waals surface area (Å²) >= 11 is 0. The zero-order chi connectivity index (χ0) is 24.7.